The third-order valence-corrected chi connectivity index (χ3v) is 7.89. The van der Waals surface area contributed by atoms with Gasteiger partial charge >= 0.3 is 0 Å². The van der Waals surface area contributed by atoms with Crippen molar-refractivity contribution in [1.82, 2.24) is 0 Å². The molecule has 228 valence electrons. The Kier molecular flexibility index (Phi) is 20.2. The Balaban J connectivity index is 0.00000840. The van der Waals surface area contributed by atoms with Crippen molar-refractivity contribution in [3.63, 3.8) is 0 Å². The summed E-state index contributed by atoms with van der Waals surface area (Å²) in [7, 11) is 0. The first-order valence-corrected chi connectivity index (χ1v) is 16.2. The standard InChI is InChI=1S/C38H56N2.Ni/c1-7-9-11-13-14-15-16-17-18-19-20-22-24-38(40-36-28-26-32(4)34(6)30-36)37(23-21-12-10-8-2)39-35-27-25-31(3)33(5)29-35;/h25-30H,7-21,23H2,1-6H3;/b39-37+,40-38+;. The summed E-state index contributed by atoms with van der Waals surface area (Å²) in [4.78, 5) is 10.3. The number of rotatable bonds is 18. The quantitative estimate of drug-likeness (QED) is 0.0705. The summed E-state index contributed by atoms with van der Waals surface area (Å²) in [6.45, 7) is 13.2. The monoisotopic (exact) mass is 598 g/mol. The molecule has 0 saturated carbocycles. The molecule has 2 rings (SSSR count). The van der Waals surface area contributed by atoms with Crippen LogP contribution in [0.25, 0.3) is 0 Å². The summed E-state index contributed by atoms with van der Waals surface area (Å²) in [5, 5.41) is 0. The molecule has 0 radical (unpaired) electrons. The predicted octanol–water partition coefficient (Wildman–Crippen LogP) is 12.0. The fraction of sp³-hybridized carbons (Fsp3) is 0.579. The van der Waals surface area contributed by atoms with Gasteiger partial charge in [-0.15, -0.1) is 0 Å². The average Bonchev–Trinajstić information content (AvgIpc) is 2.94. The van der Waals surface area contributed by atoms with Crippen LogP contribution >= 0.6 is 0 Å². The first kappa shape index (κ1) is 36.9. The molecule has 0 unspecified atom stereocenters. The number of nitrogens with zero attached hydrogens (tertiary/aromatic N) is 2. The molecule has 41 heavy (non-hydrogen) atoms. The summed E-state index contributed by atoms with van der Waals surface area (Å²) >= 11 is 0. The molecule has 0 N–H and O–H groups in total. The molecule has 0 atom stereocenters. The number of aliphatic imine (C=N–C) groups is 2. The Morgan fingerprint density at radius 1 is 0.561 bits per heavy atom. The van der Waals surface area contributed by atoms with Crippen LogP contribution in [-0.4, -0.2) is 11.4 Å². The average molecular weight is 600 g/mol. The minimum absolute atomic E-state index is 0. The number of unbranched alkanes of at least 4 members (excludes halogenated alkanes) is 13. The van der Waals surface area contributed by atoms with E-state index in [9.17, 15) is 0 Å². The second-order valence-corrected chi connectivity index (χ2v) is 11.6. The van der Waals surface area contributed by atoms with Gasteiger partial charge in [0.15, 0.2) is 0 Å². The summed E-state index contributed by atoms with van der Waals surface area (Å²) in [6.07, 6.45) is 20.1. The van der Waals surface area contributed by atoms with E-state index in [4.69, 9.17) is 9.98 Å². The van der Waals surface area contributed by atoms with Crippen LogP contribution in [0.1, 0.15) is 139 Å². The minimum atomic E-state index is 0. The molecule has 2 nitrogen and oxygen atoms in total. The van der Waals surface area contributed by atoms with Crippen LogP contribution < -0.4 is 0 Å². The largest absolute Gasteiger partial charge is 0.251 e. The van der Waals surface area contributed by atoms with Gasteiger partial charge < -0.3 is 0 Å². The fourth-order valence-electron chi connectivity index (χ4n) is 4.83. The Morgan fingerprint density at radius 3 is 1.54 bits per heavy atom. The van der Waals surface area contributed by atoms with Gasteiger partial charge in [-0.05, 0) is 99.4 Å². The molecule has 0 bridgehead atoms. The van der Waals surface area contributed by atoms with Gasteiger partial charge in [0.2, 0.25) is 0 Å². The van der Waals surface area contributed by atoms with Gasteiger partial charge in [-0.1, -0.05) is 109 Å². The molecule has 0 aliphatic heterocycles. The Labute approximate surface area is 263 Å². The molecule has 0 aliphatic carbocycles. The molecular formula is C38H56N2Ni. The maximum atomic E-state index is 5.15. The van der Waals surface area contributed by atoms with Crippen molar-refractivity contribution in [3.8, 4) is 11.8 Å². The van der Waals surface area contributed by atoms with Crippen molar-refractivity contribution >= 4 is 22.8 Å². The van der Waals surface area contributed by atoms with E-state index in [-0.39, 0.29) is 16.5 Å². The van der Waals surface area contributed by atoms with E-state index >= 15 is 0 Å². The van der Waals surface area contributed by atoms with Gasteiger partial charge in [0.1, 0.15) is 5.71 Å². The van der Waals surface area contributed by atoms with E-state index in [1.165, 1.54) is 106 Å². The van der Waals surface area contributed by atoms with Gasteiger partial charge in [-0.2, -0.15) is 0 Å². The molecule has 0 saturated heterocycles. The summed E-state index contributed by atoms with van der Waals surface area (Å²) in [6, 6.07) is 12.9. The third kappa shape index (κ3) is 15.6. The summed E-state index contributed by atoms with van der Waals surface area (Å²) in [5.41, 5.74) is 8.93. The molecule has 0 aliphatic rings. The summed E-state index contributed by atoms with van der Waals surface area (Å²) < 4.78 is 0. The Bertz CT molecular complexity index is 1130. The molecule has 2 aromatic carbocycles. The normalized spacial score (nSPS) is 11.7. The predicted molar refractivity (Wildman–Crippen MR) is 179 cm³/mol. The van der Waals surface area contributed by atoms with Crippen molar-refractivity contribution in [2.24, 2.45) is 9.98 Å². The van der Waals surface area contributed by atoms with E-state index < -0.39 is 0 Å². The minimum Gasteiger partial charge on any atom is -0.251 e. The zero-order valence-corrected chi connectivity index (χ0v) is 28.0. The molecule has 0 aromatic heterocycles. The second kappa shape index (κ2) is 22.4. The molecular weight excluding hydrogens is 543 g/mol. The third-order valence-electron chi connectivity index (χ3n) is 7.89. The van der Waals surface area contributed by atoms with Crippen LogP contribution in [-0.2, 0) is 16.5 Å². The van der Waals surface area contributed by atoms with E-state index in [0.29, 0.717) is 0 Å². The molecule has 0 fully saturated rings. The Hall–Kier alpha value is -2.17. The maximum Gasteiger partial charge on any atom is 0.135 e. The van der Waals surface area contributed by atoms with E-state index in [2.05, 4.69) is 89.8 Å². The van der Waals surface area contributed by atoms with Crippen molar-refractivity contribution < 1.29 is 16.5 Å². The van der Waals surface area contributed by atoms with Crippen molar-refractivity contribution in [3.05, 3.63) is 58.7 Å². The molecule has 3 heteroatoms. The van der Waals surface area contributed by atoms with Gasteiger partial charge in [0.25, 0.3) is 0 Å². The number of hydrogen-bond acceptors (Lipinski definition) is 2. The van der Waals surface area contributed by atoms with Crippen molar-refractivity contribution in [2.75, 3.05) is 0 Å². The van der Waals surface area contributed by atoms with Gasteiger partial charge in [-0.25, -0.2) is 4.99 Å². The van der Waals surface area contributed by atoms with Crippen LogP contribution in [0.15, 0.2) is 46.4 Å². The zero-order chi connectivity index (χ0) is 29.0. The smallest absolute Gasteiger partial charge is 0.135 e. The molecule has 2 aromatic rings. The van der Waals surface area contributed by atoms with Crippen LogP contribution in [0.2, 0.25) is 0 Å². The van der Waals surface area contributed by atoms with Crippen LogP contribution in [0, 0.1) is 39.5 Å². The van der Waals surface area contributed by atoms with Crippen molar-refractivity contribution in [2.45, 2.75) is 144 Å². The van der Waals surface area contributed by atoms with E-state index in [1.807, 2.05) is 0 Å². The molecule has 0 heterocycles. The number of benzene rings is 2. The summed E-state index contributed by atoms with van der Waals surface area (Å²) in [5.74, 6) is 6.97. The SMILES string of the molecule is CCCCCCCCCCCCC#CC(=N\c1ccc(C)c(C)c1)/C(CCCCCC)=N/c1ccc(C)c(C)c1.[Ni]. The van der Waals surface area contributed by atoms with Crippen molar-refractivity contribution in [1.29, 1.82) is 0 Å². The molecule has 0 amide bonds. The second-order valence-electron chi connectivity index (χ2n) is 11.6. The number of aryl methyl sites for hydroxylation is 4. The van der Waals surface area contributed by atoms with E-state index in [0.717, 1.165) is 42.1 Å². The fourth-order valence-corrected chi connectivity index (χ4v) is 4.83. The maximum absolute atomic E-state index is 5.15. The van der Waals surface area contributed by atoms with Gasteiger partial charge in [-0.3, -0.25) is 4.99 Å². The van der Waals surface area contributed by atoms with E-state index in [1.54, 1.807) is 0 Å². The first-order valence-electron chi connectivity index (χ1n) is 16.2. The van der Waals surface area contributed by atoms with Gasteiger partial charge in [0.05, 0.1) is 17.1 Å². The molecule has 0 spiro atoms. The van der Waals surface area contributed by atoms with Gasteiger partial charge in [0, 0.05) is 22.9 Å². The van der Waals surface area contributed by atoms with Crippen LogP contribution in [0.4, 0.5) is 11.4 Å². The topological polar surface area (TPSA) is 24.7 Å². The zero-order valence-electron chi connectivity index (χ0n) is 27.0. The van der Waals surface area contributed by atoms with Crippen LogP contribution in [0.5, 0.6) is 0 Å². The van der Waals surface area contributed by atoms with Crippen LogP contribution in [0.3, 0.4) is 0 Å². The first-order chi connectivity index (χ1) is 19.4. The number of hydrogen-bond donors (Lipinski definition) is 0. The Morgan fingerprint density at radius 2 is 1.02 bits per heavy atom.